The van der Waals surface area contributed by atoms with E-state index in [2.05, 4.69) is 36.6 Å². The van der Waals surface area contributed by atoms with Crippen molar-refractivity contribution in [2.75, 3.05) is 0 Å². The van der Waals surface area contributed by atoms with E-state index in [1.165, 1.54) is 6.07 Å². The highest BCUT2D eigenvalue weighted by Gasteiger charge is 2.22. The summed E-state index contributed by atoms with van der Waals surface area (Å²) in [4.78, 5) is 11.5. The van der Waals surface area contributed by atoms with Gasteiger partial charge in [-0.2, -0.15) is 8.78 Å². The Bertz CT molecular complexity index is 408. The molecule has 0 N–H and O–H groups in total. The van der Waals surface area contributed by atoms with Gasteiger partial charge in [0.05, 0.1) is 10.4 Å². The Labute approximate surface area is 115 Å². The molecule has 94 valence electrons. The van der Waals surface area contributed by atoms with Gasteiger partial charge >= 0.3 is 6.61 Å². The minimum Gasteiger partial charge on any atom is -0.434 e. The second kappa shape index (κ2) is 6.44. The van der Waals surface area contributed by atoms with Gasteiger partial charge in [0.2, 0.25) is 0 Å². The van der Waals surface area contributed by atoms with Gasteiger partial charge in [0, 0.05) is 5.33 Å². The van der Waals surface area contributed by atoms with Crippen LogP contribution in [0.4, 0.5) is 8.78 Å². The molecule has 17 heavy (non-hydrogen) atoms. The van der Waals surface area contributed by atoms with Crippen LogP contribution >= 0.6 is 31.9 Å². The van der Waals surface area contributed by atoms with Crippen LogP contribution in [0.15, 0.2) is 18.2 Å². The number of hydrogen-bond acceptors (Lipinski definition) is 2. The second-order valence-corrected chi connectivity index (χ2v) is 5.22. The van der Waals surface area contributed by atoms with Crippen LogP contribution in [0, 0.1) is 0 Å². The van der Waals surface area contributed by atoms with E-state index in [-0.39, 0.29) is 17.1 Å². The number of benzene rings is 1. The fraction of sp³-hybridized carbons (Fsp3) is 0.364. The average Bonchev–Trinajstić information content (AvgIpc) is 2.26. The number of alkyl halides is 4. The van der Waals surface area contributed by atoms with Crippen LogP contribution in [0.2, 0.25) is 0 Å². The van der Waals surface area contributed by atoms with Gasteiger partial charge in [0.25, 0.3) is 0 Å². The largest absolute Gasteiger partial charge is 0.434 e. The molecule has 1 aromatic carbocycles. The quantitative estimate of drug-likeness (QED) is 0.574. The zero-order chi connectivity index (χ0) is 13.0. The monoisotopic (exact) mass is 370 g/mol. The Morgan fingerprint density at radius 1 is 1.47 bits per heavy atom. The summed E-state index contributed by atoms with van der Waals surface area (Å²) in [5.41, 5.74) is 0.813. The van der Waals surface area contributed by atoms with Crippen molar-refractivity contribution in [3.05, 3.63) is 29.3 Å². The summed E-state index contributed by atoms with van der Waals surface area (Å²) in [6, 6.07) is 4.63. The molecule has 0 fully saturated rings. The Kier molecular flexibility index (Phi) is 5.52. The van der Waals surface area contributed by atoms with E-state index in [1.54, 1.807) is 19.1 Å². The highest BCUT2D eigenvalue weighted by atomic mass is 79.9. The van der Waals surface area contributed by atoms with Crippen LogP contribution in [0.5, 0.6) is 5.75 Å². The van der Waals surface area contributed by atoms with Gasteiger partial charge in [0.1, 0.15) is 5.75 Å². The SMILES string of the molecule is CC(Br)C(=O)c1c(CBr)cccc1OC(F)F. The third kappa shape index (κ3) is 3.74. The number of carbonyl (C=O) groups is 1. The molecule has 6 heteroatoms. The summed E-state index contributed by atoms with van der Waals surface area (Å²) in [6.07, 6.45) is 0. The first kappa shape index (κ1) is 14.6. The number of carbonyl (C=O) groups excluding carboxylic acids is 1. The van der Waals surface area contributed by atoms with Gasteiger partial charge < -0.3 is 4.74 Å². The fourth-order valence-electron chi connectivity index (χ4n) is 1.36. The molecule has 0 spiro atoms. The molecular formula is C11H10Br2F2O2. The molecule has 1 unspecified atom stereocenters. The van der Waals surface area contributed by atoms with Crippen molar-refractivity contribution in [1.29, 1.82) is 0 Å². The van der Waals surface area contributed by atoms with Crippen molar-refractivity contribution in [3.63, 3.8) is 0 Å². The number of hydrogen-bond donors (Lipinski definition) is 0. The topological polar surface area (TPSA) is 26.3 Å². The van der Waals surface area contributed by atoms with E-state index >= 15 is 0 Å². The molecule has 1 aromatic rings. The van der Waals surface area contributed by atoms with Gasteiger partial charge in [-0.3, -0.25) is 4.79 Å². The fourth-order valence-corrected chi connectivity index (χ4v) is 2.06. The van der Waals surface area contributed by atoms with Crippen LogP contribution in [-0.2, 0) is 5.33 Å². The Morgan fingerprint density at radius 2 is 2.12 bits per heavy atom. The molecule has 1 rings (SSSR count). The van der Waals surface area contributed by atoms with Crippen molar-refractivity contribution in [2.45, 2.75) is 23.7 Å². The third-order valence-electron chi connectivity index (χ3n) is 2.08. The van der Waals surface area contributed by atoms with E-state index in [0.29, 0.717) is 10.9 Å². The number of Topliss-reactive ketones (excluding diaryl/α,β-unsaturated/α-hetero) is 1. The summed E-state index contributed by atoms with van der Waals surface area (Å²) >= 11 is 6.35. The summed E-state index contributed by atoms with van der Waals surface area (Å²) in [5.74, 6) is -0.371. The minimum atomic E-state index is -2.95. The Hall–Kier alpha value is -0.490. The molecule has 0 saturated heterocycles. The normalized spacial score (nSPS) is 12.6. The molecule has 0 aromatic heterocycles. The lowest BCUT2D eigenvalue weighted by Crippen LogP contribution is -2.15. The van der Waals surface area contributed by atoms with Gasteiger partial charge in [0.15, 0.2) is 5.78 Å². The minimum absolute atomic E-state index is 0.0896. The number of halogens is 4. The Balaban J connectivity index is 3.25. The lowest BCUT2D eigenvalue weighted by Gasteiger charge is -2.14. The van der Waals surface area contributed by atoms with E-state index in [4.69, 9.17) is 0 Å². The smallest absolute Gasteiger partial charge is 0.387 e. The molecule has 0 saturated carbocycles. The number of ether oxygens (including phenoxy) is 1. The van der Waals surface area contributed by atoms with Crippen LogP contribution in [0.3, 0.4) is 0 Å². The van der Waals surface area contributed by atoms with Crippen molar-refractivity contribution >= 4 is 37.6 Å². The molecule has 0 amide bonds. The summed E-state index contributed by atoms with van der Waals surface area (Å²) in [6.45, 7) is -1.31. The molecule has 0 bridgehead atoms. The van der Waals surface area contributed by atoms with Gasteiger partial charge in [-0.25, -0.2) is 0 Å². The molecule has 0 aliphatic heterocycles. The second-order valence-electron chi connectivity index (χ2n) is 3.28. The van der Waals surface area contributed by atoms with Crippen LogP contribution in [0.25, 0.3) is 0 Å². The zero-order valence-electron chi connectivity index (χ0n) is 8.92. The maximum atomic E-state index is 12.2. The molecule has 0 radical (unpaired) electrons. The van der Waals surface area contributed by atoms with Crippen molar-refractivity contribution < 1.29 is 18.3 Å². The predicted molar refractivity (Wildman–Crippen MR) is 68.4 cm³/mol. The standard InChI is InChI=1S/C11H10Br2F2O2/c1-6(13)10(16)9-7(5-12)3-2-4-8(9)17-11(14)15/h2-4,6,11H,5H2,1H3. The summed E-state index contributed by atoms with van der Waals surface area (Å²) in [7, 11) is 0. The van der Waals surface area contributed by atoms with Gasteiger partial charge in [-0.05, 0) is 18.6 Å². The van der Waals surface area contributed by atoms with E-state index in [0.717, 1.165) is 0 Å². The highest BCUT2D eigenvalue weighted by molar-refractivity contribution is 9.10. The molecular weight excluding hydrogens is 362 g/mol. The maximum absolute atomic E-state index is 12.2. The molecule has 2 nitrogen and oxygen atoms in total. The number of ketones is 1. The molecule has 1 atom stereocenters. The predicted octanol–water partition coefficient (Wildman–Crippen LogP) is 4.15. The van der Waals surface area contributed by atoms with E-state index < -0.39 is 11.4 Å². The van der Waals surface area contributed by atoms with Crippen LogP contribution < -0.4 is 4.74 Å². The van der Waals surface area contributed by atoms with Gasteiger partial charge in [-0.15, -0.1) is 0 Å². The third-order valence-corrected chi connectivity index (χ3v) is 3.10. The van der Waals surface area contributed by atoms with E-state index in [1.807, 2.05) is 0 Å². The number of rotatable bonds is 5. The van der Waals surface area contributed by atoms with Crippen LogP contribution in [-0.4, -0.2) is 17.2 Å². The Morgan fingerprint density at radius 3 is 2.59 bits per heavy atom. The van der Waals surface area contributed by atoms with Gasteiger partial charge in [-0.1, -0.05) is 44.0 Å². The first-order valence-corrected chi connectivity index (χ1v) is 6.82. The lowest BCUT2D eigenvalue weighted by molar-refractivity contribution is -0.0501. The first-order chi connectivity index (χ1) is 7.97. The molecule has 0 aliphatic carbocycles. The van der Waals surface area contributed by atoms with E-state index in [9.17, 15) is 13.6 Å². The first-order valence-electron chi connectivity index (χ1n) is 4.78. The maximum Gasteiger partial charge on any atom is 0.387 e. The summed E-state index contributed by atoms with van der Waals surface area (Å²) < 4.78 is 28.9. The average molecular weight is 372 g/mol. The van der Waals surface area contributed by atoms with Crippen molar-refractivity contribution in [1.82, 2.24) is 0 Å². The zero-order valence-corrected chi connectivity index (χ0v) is 12.1. The van der Waals surface area contributed by atoms with Crippen molar-refractivity contribution in [2.24, 2.45) is 0 Å². The van der Waals surface area contributed by atoms with Crippen molar-refractivity contribution in [3.8, 4) is 5.75 Å². The van der Waals surface area contributed by atoms with Crippen LogP contribution in [0.1, 0.15) is 22.8 Å². The molecule has 0 aliphatic rings. The molecule has 0 heterocycles. The highest BCUT2D eigenvalue weighted by Crippen LogP contribution is 2.28. The summed E-state index contributed by atoms with van der Waals surface area (Å²) in [5, 5.41) is 0.397. The lowest BCUT2D eigenvalue weighted by atomic mass is 10.0.